The van der Waals surface area contributed by atoms with E-state index in [9.17, 15) is 4.79 Å². The molecule has 1 fully saturated rings. The van der Waals surface area contributed by atoms with E-state index in [4.69, 9.17) is 0 Å². The minimum Gasteiger partial charge on any atom is -0.391 e. The molecular weight excluding hydrogens is 252 g/mol. The quantitative estimate of drug-likeness (QED) is 0.633. The summed E-state index contributed by atoms with van der Waals surface area (Å²) >= 11 is 0. The van der Waals surface area contributed by atoms with Gasteiger partial charge in [0.25, 0.3) is 0 Å². The normalized spacial score (nSPS) is 21.1. The molecule has 1 rings (SSSR count). The van der Waals surface area contributed by atoms with Crippen LogP contribution in [0.1, 0.15) is 34.1 Å². The summed E-state index contributed by atoms with van der Waals surface area (Å²) in [6, 6.07) is 0.119. The molecule has 1 aliphatic rings. The Morgan fingerprint density at radius 1 is 1.45 bits per heavy atom. The maximum absolute atomic E-state index is 11.3. The summed E-state index contributed by atoms with van der Waals surface area (Å²) in [5.74, 6) is 0.733. The number of amides is 1. The summed E-state index contributed by atoms with van der Waals surface area (Å²) in [5.41, 5.74) is 1.06. The van der Waals surface area contributed by atoms with Crippen LogP contribution in [0.25, 0.3) is 0 Å². The van der Waals surface area contributed by atoms with Gasteiger partial charge in [0.2, 0.25) is 5.91 Å². The summed E-state index contributed by atoms with van der Waals surface area (Å²) in [7, 11) is 1.89. The molecule has 0 aromatic rings. The van der Waals surface area contributed by atoms with Crippen LogP contribution in [0.3, 0.4) is 0 Å². The fourth-order valence-corrected chi connectivity index (χ4v) is 2.24. The van der Waals surface area contributed by atoms with Crippen LogP contribution in [0.15, 0.2) is 21.8 Å². The highest BCUT2D eigenvalue weighted by Crippen LogP contribution is 2.22. The highest BCUT2D eigenvalue weighted by molar-refractivity contribution is 5.96. The summed E-state index contributed by atoms with van der Waals surface area (Å²) < 4.78 is 0. The molecule has 0 aliphatic carbocycles. The lowest BCUT2D eigenvalue weighted by molar-refractivity contribution is -0.127. The topological polar surface area (TPSA) is 57.1 Å². The summed E-state index contributed by atoms with van der Waals surface area (Å²) in [5, 5.41) is 3.19. The number of aliphatic imine (C=N–C) groups is 2. The first-order valence-corrected chi connectivity index (χ1v) is 6.98. The molecule has 0 unspecified atom stereocenters. The van der Waals surface area contributed by atoms with E-state index in [-0.39, 0.29) is 17.4 Å². The predicted octanol–water partition coefficient (Wildman–Crippen LogP) is 1.86. The lowest BCUT2D eigenvalue weighted by atomic mass is 9.91. The number of carbonyl (C=O) groups excluding carboxylic acids is 1. The molecule has 0 bridgehead atoms. The third kappa shape index (κ3) is 4.47. The van der Waals surface area contributed by atoms with E-state index in [1.54, 1.807) is 6.92 Å². The predicted molar refractivity (Wildman–Crippen MR) is 84.2 cm³/mol. The Hall–Kier alpha value is -1.65. The van der Waals surface area contributed by atoms with Gasteiger partial charge in [0.1, 0.15) is 5.84 Å². The second-order valence-corrected chi connectivity index (χ2v) is 6.11. The van der Waals surface area contributed by atoms with Crippen molar-refractivity contribution in [3.63, 3.8) is 0 Å². The van der Waals surface area contributed by atoms with Crippen molar-refractivity contribution < 1.29 is 4.79 Å². The first kappa shape index (κ1) is 16.4. The molecule has 0 aromatic carbocycles. The van der Waals surface area contributed by atoms with Gasteiger partial charge < -0.3 is 10.2 Å². The Kier molecular flexibility index (Phi) is 5.48. The highest BCUT2D eigenvalue weighted by Gasteiger charge is 2.24. The standard InChI is InChI=1S/C15H26N4O/c1-11(20)19-8-7-12(10-19)18-14(17-6)9-13(16-5)15(2,3)4/h9,12,16H,6-8,10H2,1-5H3/t12-/m0/s1. The molecule has 1 saturated heterocycles. The van der Waals surface area contributed by atoms with E-state index in [1.807, 2.05) is 18.0 Å². The van der Waals surface area contributed by atoms with Crippen molar-refractivity contribution in [3.05, 3.63) is 11.8 Å². The van der Waals surface area contributed by atoms with E-state index < -0.39 is 0 Å². The van der Waals surface area contributed by atoms with Crippen molar-refractivity contribution >= 4 is 18.5 Å². The van der Waals surface area contributed by atoms with Gasteiger partial charge >= 0.3 is 0 Å². The molecule has 1 amide bonds. The van der Waals surface area contributed by atoms with Crippen LogP contribution < -0.4 is 5.32 Å². The molecule has 20 heavy (non-hydrogen) atoms. The van der Waals surface area contributed by atoms with Gasteiger partial charge in [0, 0.05) is 44.2 Å². The molecule has 112 valence electrons. The van der Waals surface area contributed by atoms with E-state index in [2.05, 4.69) is 42.8 Å². The third-order valence-electron chi connectivity index (χ3n) is 3.44. The maximum Gasteiger partial charge on any atom is 0.219 e. The lowest BCUT2D eigenvalue weighted by Crippen LogP contribution is -2.26. The van der Waals surface area contributed by atoms with Crippen molar-refractivity contribution in [3.8, 4) is 0 Å². The molecule has 1 N–H and O–H groups in total. The average molecular weight is 278 g/mol. The van der Waals surface area contributed by atoms with Gasteiger partial charge in [-0.25, -0.2) is 4.99 Å². The largest absolute Gasteiger partial charge is 0.391 e. The molecule has 0 saturated carbocycles. The second kappa shape index (κ2) is 6.68. The van der Waals surface area contributed by atoms with Gasteiger partial charge in [0.15, 0.2) is 0 Å². The first-order valence-electron chi connectivity index (χ1n) is 6.98. The van der Waals surface area contributed by atoms with Crippen molar-refractivity contribution in [1.29, 1.82) is 0 Å². The van der Waals surface area contributed by atoms with Crippen LogP contribution >= 0.6 is 0 Å². The van der Waals surface area contributed by atoms with E-state index in [0.717, 1.165) is 18.7 Å². The molecule has 1 aliphatic heterocycles. The third-order valence-corrected chi connectivity index (χ3v) is 3.44. The summed E-state index contributed by atoms with van der Waals surface area (Å²) in [6.07, 6.45) is 2.82. The number of nitrogens with one attached hydrogen (secondary N) is 1. The van der Waals surface area contributed by atoms with Crippen LogP contribution in [-0.2, 0) is 4.79 Å². The second-order valence-electron chi connectivity index (χ2n) is 6.11. The Bertz CT molecular complexity index is 432. The Morgan fingerprint density at radius 3 is 2.50 bits per heavy atom. The molecule has 1 atom stereocenters. The molecular formula is C15H26N4O. The fourth-order valence-electron chi connectivity index (χ4n) is 2.24. The molecule has 0 radical (unpaired) electrons. The zero-order chi connectivity index (χ0) is 15.3. The van der Waals surface area contributed by atoms with Gasteiger partial charge in [-0.15, -0.1) is 0 Å². The van der Waals surface area contributed by atoms with Gasteiger partial charge in [-0.1, -0.05) is 20.8 Å². The summed E-state index contributed by atoms with van der Waals surface area (Å²) in [4.78, 5) is 21.8. The number of allylic oxidation sites excluding steroid dienone is 1. The average Bonchev–Trinajstić information content (AvgIpc) is 2.81. The van der Waals surface area contributed by atoms with E-state index in [1.165, 1.54) is 0 Å². The van der Waals surface area contributed by atoms with Gasteiger partial charge in [-0.05, 0) is 13.1 Å². The van der Waals surface area contributed by atoms with E-state index in [0.29, 0.717) is 12.4 Å². The number of likely N-dealkylation sites (tertiary alicyclic amines) is 1. The summed E-state index contributed by atoms with van der Waals surface area (Å²) in [6.45, 7) is 13.0. The molecule has 5 nitrogen and oxygen atoms in total. The van der Waals surface area contributed by atoms with E-state index >= 15 is 0 Å². The van der Waals surface area contributed by atoms with Crippen molar-refractivity contribution in [2.45, 2.75) is 40.2 Å². The monoisotopic (exact) mass is 278 g/mol. The molecule has 0 spiro atoms. The van der Waals surface area contributed by atoms with Crippen LogP contribution in [0.4, 0.5) is 0 Å². The first-order chi connectivity index (χ1) is 9.27. The number of hydrogen-bond donors (Lipinski definition) is 1. The van der Waals surface area contributed by atoms with Crippen LogP contribution in [0.2, 0.25) is 0 Å². The number of amidine groups is 1. The van der Waals surface area contributed by atoms with Crippen molar-refractivity contribution in [2.75, 3.05) is 20.1 Å². The fraction of sp³-hybridized carbons (Fsp3) is 0.667. The molecule has 5 heteroatoms. The highest BCUT2D eigenvalue weighted by atomic mass is 16.2. The maximum atomic E-state index is 11.3. The van der Waals surface area contributed by atoms with Gasteiger partial charge in [0.05, 0.1) is 6.04 Å². The number of hydrogen-bond acceptors (Lipinski definition) is 3. The van der Waals surface area contributed by atoms with Crippen LogP contribution in [0, 0.1) is 5.41 Å². The Labute approximate surface area is 121 Å². The van der Waals surface area contributed by atoms with Gasteiger partial charge in [-0.2, -0.15) is 0 Å². The minimum atomic E-state index is 0.00130. The smallest absolute Gasteiger partial charge is 0.219 e. The molecule has 1 heterocycles. The molecule has 0 aromatic heterocycles. The Balaban J connectivity index is 2.86. The minimum absolute atomic E-state index is 0.00130. The number of rotatable bonds is 3. The zero-order valence-electron chi connectivity index (χ0n) is 13.2. The lowest BCUT2D eigenvalue weighted by Gasteiger charge is -2.22. The van der Waals surface area contributed by atoms with Crippen LogP contribution in [-0.4, -0.2) is 49.5 Å². The van der Waals surface area contributed by atoms with Crippen LogP contribution in [0.5, 0.6) is 0 Å². The number of carbonyl (C=O) groups is 1. The SMILES string of the molecule is C=NC(C=C(NC)C(C)(C)C)=N[C@H]1CCN(C(C)=O)C1. The van der Waals surface area contributed by atoms with Crippen molar-refractivity contribution in [2.24, 2.45) is 15.4 Å². The Morgan fingerprint density at radius 2 is 2.10 bits per heavy atom. The zero-order valence-corrected chi connectivity index (χ0v) is 13.2. The number of nitrogens with zero attached hydrogens (tertiary/aromatic N) is 3. The van der Waals surface area contributed by atoms with Gasteiger partial charge in [-0.3, -0.25) is 9.79 Å². The van der Waals surface area contributed by atoms with Crippen molar-refractivity contribution in [1.82, 2.24) is 10.2 Å².